The van der Waals surface area contributed by atoms with Gasteiger partial charge in [0.2, 0.25) is 0 Å². The fourth-order valence-electron chi connectivity index (χ4n) is 2.84. The molecule has 1 N–H and O–H groups in total. The number of aromatic nitrogens is 5. The fourth-order valence-corrected chi connectivity index (χ4v) is 2.84. The highest BCUT2D eigenvalue weighted by Crippen LogP contribution is 2.27. The molecule has 106 valence electrons. The molecule has 7 nitrogen and oxygen atoms in total. The lowest BCUT2D eigenvalue weighted by Gasteiger charge is -2.15. The molecule has 0 unspecified atom stereocenters. The number of hydrogen-bond acceptors (Lipinski definition) is 4. The molecule has 1 atom stereocenters. The van der Waals surface area contributed by atoms with E-state index in [9.17, 15) is 4.79 Å². The Morgan fingerprint density at radius 1 is 1.38 bits per heavy atom. The first-order valence-corrected chi connectivity index (χ1v) is 6.90. The molecule has 4 rings (SSSR count). The first kappa shape index (κ1) is 12.1. The monoisotopic (exact) mass is 282 g/mol. The molecular formula is C14H14N6O. The normalized spacial score (nSPS) is 18.5. The number of likely N-dealkylation sites (tertiary alicyclic amines) is 1. The predicted molar refractivity (Wildman–Crippen MR) is 74.8 cm³/mol. The Hall–Kier alpha value is -2.70. The van der Waals surface area contributed by atoms with Crippen LogP contribution in [0.2, 0.25) is 0 Å². The number of carbonyl (C=O) groups excluding carboxylic acids is 1. The number of amides is 1. The van der Waals surface area contributed by atoms with Gasteiger partial charge in [-0.1, -0.05) is 0 Å². The van der Waals surface area contributed by atoms with E-state index in [4.69, 9.17) is 0 Å². The maximum Gasteiger partial charge on any atom is 0.259 e. The summed E-state index contributed by atoms with van der Waals surface area (Å²) in [4.78, 5) is 18.7. The lowest BCUT2D eigenvalue weighted by atomic mass is 10.1. The average Bonchev–Trinajstić information content (AvgIpc) is 3.25. The maximum atomic E-state index is 12.6. The van der Waals surface area contributed by atoms with Gasteiger partial charge in [-0.15, -0.1) is 0 Å². The molecule has 1 aliphatic heterocycles. The number of H-pyrrole nitrogens is 1. The minimum absolute atomic E-state index is 0.00860. The van der Waals surface area contributed by atoms with E-state index in [1.807, 2.05) is 11.0 Å². The Bertz CT molecular complexity index is 778. The van der Waals surface area contributed by atoms with Gasteiger partial charge in [-0.05, 0) is 18.6 Å². The van der Waals surface area contributed by atoms with Crippen LogP contribution >= 0.6 is 0 Å². The number of fused-ring (bicyclic) bond motifs is 1. The molecule has 0 saturated carbocycles. The number of aromatic amines is 1. The van der Waals surface area contributed by atoms with Crippen LogP contribution in [0.4, 0.5) is 0 Å². The van der Waals surface area contributed by atoms with Gasteiger partial charge in [0.25, 0.3) is 5.91 Å². The second-order valence-corrected chi connectivity index (χ2v) is 5.19. The lowest BCUT2D eigenvalue weighted by Crippen LogP contribution is -2.28. The zero-order valence-corrected chi connectivity index (χ0v) is 11.3. The van der Waals surface area contributed by atoms with Crippen molar-refractivity contribution in [3.63, 3.8) is 0 Å². The molecule has 21 heavy (non-hydrogen) atoms. The van der Waals surface area contributed by atoms with E-state index in [0.717, 1.165) is 18.7 Å². The summed E-state index contributed by atoms with van der Waals surface area (Å²) in [6.45, 7) is 1.44. The van der Waals surface area contributed by atoms with Crippen molar-refractivity contribution in [1.82, 2.24) is 29.7 Å². The van der Waals surface area contributed by atoms with E-state index in [2.05, 4.69) is 20.3 Å². The number of hydrogen-bond donors (Lipinski definition) is 1. The number of rotatable bonds is 2. The average molecular weight is 282 g/mol. The second-order valence-electron chi connectivity index (χ2n) is 5.19. The number of nitrogens with one attached hydrogen (secondary N) is 1. The number of carbonyl (C=O) groups is 1. The smallest absolute Gasteiger partial charge is 0.259 e. The van der Waals surface area contributed by atoms with Crippen LogP contribution in [-0.4, -0.2) is 48.7 Å². The molecule has 1 aliphatic rings. The predicted octanol–water partition coefficient (Wildman–Crippen LogP) is 1.08. The Kier molecular flexibility index (Phi) is 2.70. The van der Waals surface area contributed by atoms with Crippen molar-refractivity contribution < 1.29 is 4.79 Å². The summed E-state index contributed by atoms with van der Waals surface area (Å²) in [5, 5.41) is 11.1. The van der Waals surface area contributed by atoms with Gasteiger partial charge in [-0.25, -0.2) is 9.50 Å². The summed E-state index contributed by atoms with van der Waals surface area (Å²) in [6.07, 6.45) is 7.74. The number of nitrogens with zero attached hydrogens (tertiary/aromatic N) is 5. The third-order valence-corrected chi connectivity index (χ3v) is 3.95. The van der Waals surface area contributed by atoms with Gasteiger partial charge in [0.05, 0.1) is 6.20 Å². The van der Waals surface area contributed by atoms with Crippen LogP contribution in [0.5, 0.6) is 0 Å². The Balaban J connectivity index is 1.58. The van der Waals surface area contributed by atoms with Crippen LogP contribution in [0.3, 0.4) is 0 Å². The highest BCUT2D eigenvalue weighted by Gasteiger charge is 2.30. The molecule has 1 fully saturated rings. The summed E-state index contributed by atoms with van der Waals surface area (Å²) >= 11 is 0. The SMILES string of the molecule is O=C(c1cnn2cccnc12)N1CC[C@@H](c2ccn[nH]2)C1. The van der Waals surface area contributed by atoms with Crippen molar-refractivity contribution in [3.8, 4) is 0 Å². The van der Waals surface area contributed by atoms with Crippen molar-refractivity contribution in [3.05, 3.63) is 48.2 Å². The molecule has 1 saturated heterocycles. The Labute approximate surface area is 120 Å². The minimum Gasteiger partial charge on any atom is -0.338 e. The van der Waals surface area contributed by atoms with Crippen molar-refractivity contribution >= 4 is 11.6 Å². The largest absolute Gasteiger partial charge is 0.338 e. The van der Waals surface area contributed by atoms with Gasteiger partial charge in [0.15, 0.2) is 5.65 Å². The summed E-state index contributed by atoms with van der Waals surface area (Å²) < 4.78 is 1.62. The zero-order chi connectivity index (χ0) is 14.2. The van der Waals surface area contributed by atoms with Gasteiger partial charge < -0.3 is 4.90 Å². The first-order chi connectivity index (χ1) is 10.3. The molecule has 7 heteroatoms. The minimum atomic E-state index is -0.00860. The third-order valence-electron chi connectivity index (χ3n) is 3.95. The second kappa shape index (κ2) is 4.69. The molecule has 0 bridgehead atoms. The molecule has 3 aromatic heterocycles. The molecular weight excluding hydrogens is 268 g/mol. The third kappa shape index (κ3) is 1.97. The summed E-state index contributed by atoms with van der Waals surface area (Å²) in [6, 6.07) is 3.76. The van der Waals surface area contributed by atoms with E-state index in [-0.39, 0.29) is 5.91 Å². The molecule has 0 aromatic carbocycles. The van der Waals surface area contributed by atoms with E-state index in [1.165, 1.54) is 0 Å². The summed E-state index contributed by atoms with van der Waals surface area (Å²) in [7, 11) is 0. The van der Waals surface area contributed by atoms with Gasteiger partial charge in [0, 0.05) is 43.3 Å². The fraction of sp³-hybridized carbons (Fsp3) is 0.286. The van der Waals surface area contributed by atoms with Crippen molar-refractivity contribution in [2.75, 3.05) is 13.1 Å². The molecule has 0 spiro atoms. The molecule has 4 heterocycles. The van der Waals surface area contributed by atoms with E-state index < -0.39 is 0 Å². The van der Waals surface area contributed by atoms with E-state index in [0.29, 0.717) is 23.7 Å². The molecule has 0 aliphatic carbocycles. The Morgan fingerprint density at radius 3 is 3.19 bits per heavy atom. The van der Waals surface area contributed by atoms with Crippen LogP contribution in [0.25, 0.3) is 5.65 Å². The standard InChI is InChI=1S/C14H14N6O/c21-14(11-8-17-20-6-1-4-15-13(11)20)19-7-3-10(9-19)12-2-5-16-18-12/h1-2,4-6,8,10H,3,7,9H2,(H,16,18)/t10-/m1/s1. The van der Waals surface area contributed by atoms with Crippen molar-refractivity contribution in [2.24, 2.45) is 0 Å². The van der Waals surface area contributed by atoms with Crippen LogP contribution in [-0.2, 0) is 0 Å². The lowest BCUT2D eigenvalue weighted by molar-refractivity contribution is 0.0792. The first-order valence-electron chi connectivity index (χ1n) is 6.90. The maximum absolute atomic E-state index is 12.6. The van der Waals surface area contributed by atoms with Gasteiger partial charge in [-0.3, -0.25) is 9.89 Å². The van der Waals surface area contributed by atoms with Crippen LogP contribution in [0.1, 0.15) is 28.4 Å². The summed E-state index contributed by atoms with van der Waals surface area (Å²) in [5.41, 5.74) is 2.25. The van der Waals surface area contributed by atoms with Crippen molar-refractivity contribution in [1.29, 1.82) is 0 Å². The van der Waals surface area contributed by atoms with Gasteiger partial charge in [-0.2, -0.15) is 10.2 Å². The van der Waals surface area contributed by atoms with Crippen LogP contribution < -0.4 is 0 Å². The summed E-state index contributed by atoms with van der Waals surface area (Å²) in [5.74, 6) is 0.317. The van der Waals surface area contributed by atoms with Crippen LogP contribution in [0.15, 0.2) is 36.9 Å². The molecule has 0 radical (unpaired) electrons. The van der Waals surface area contributed by atoms with E-state index >= 15 is 0 Å². The highest BCUT2D eigenvalue weighted by atomic mass is 16.2. The van der Waals surface area contributed by atoms with Gasteiger partial charge in [0.1, 0.15) is 5.56 Å². The molecule has 3 aromatic rings. The quantitative estimate of drug-likeness (QED) is 0.763. The van der Waals surface area contributed by atoms with Gasteiger partial charge >= 0.3 is 0 Å². The van der Waals surface area contributed by atoms with Crippen LogP contribution in [0, 0.1) is 0 Å². The molecule has 1 amide bonds. The zero-order valence-electron chi connectivity index (χ0n) is 11.3. The van der Waals surface area contributed by atoms with E-state index in [1.54, 1.807) is 35.4 Å². The highest BCUT2D eigenvalue weighted by molar-refractivity contribution is 5.99. The van der Waals surface area contributed by atoms with Crippen molar-refractivity contribution in [2.45, 2.75) is 12.3 Å². The topological polar surface area (TPSA) is 79.2 Å². The Morgan fingerprint density at radius 2 is 2.33 bits per heavy atom.